The summed E-state index contributed by atoms with van der Waals surface area (Å²) in [4.78, 5) is 18.5. The van der Waals surface area contributed by atoms with Gasteiger partial charge in [0.2, 0.25) is 6.41 Å². The van der Waals surface area contributed by atoms with Gasteiger partial charge in [-0.2, -0.15) is 0 Å². The number of piperazine rings is 1. The van der Waals surface area contributed by atoms with Crippen LogP contribution in [0.15, 0.2) is 48.5 Å². The minimum Gasteiger partial charge on any atom is -0.362 e. The van der Waals surface area contributed by atoms with Gasteiger partial charge in [0, 0.05) is 49.5 Å². The molecule has 158 valence electrons. The number of thiocarbonyl (C=S) groups is 1. The van der Waals surface area contributed by atoms with Crippen molar-refractivity contribution in [2.24, 2.45) is 0 Å². The van der Waals surface area contributed by atoms with Crippen molar-refractivity contribution in [1.82, 2.24) is 9.80 Å². The second kappa shape index (κ2) is 8.38. The Labute approximate surface area is 185 Å². The van der Waals surface area contributed by atoms with E-state index in [1.54, 1.807) is 0 Å². The predicted octanol–water partition coefficient (Wildman–Crippen LogP) is 4.43. The molecule has 2 aliphatic rings. The lowest BCUT2D eigenvalue weighted by molar-refractivity contribution is -0.119. The summed E-state index contributed by atoms with van der Waals surface area (Å²) in [5.41, 5.74) is 5.25. The molecule has 1 unspecified atom stereocenters. The van der Waals surface area contributed by atoms with E-state index in [1.165, 1.54) is 16.8 Å². The van der Waals surface area contributed by atoms with Gasteiger partial charge in [-0.15, -0.1) is 0 Å². The van der Waals surface area contributed by atoms with Gasteiger partial charge in [0.1, 0.15) is 4.99 Å². The topological polar surface area (TPSA) is 26.8 Å². The maximum Gasteiger partial charge on any atom is 0.209 e. The Kier molecular flexibility index (Phi) is 5.83. The molecule has 2 aliphatic heterocycles. The molecule has 4 rings (SSSR count). The normalized spacial score (nSPS) is 20.6. The van der Waals surface area contributed by atoms with Crippen LogP contribution in [0.25, 0.3) is 0 Å². The second-order valence-electron chi connectivity index (χ2n) is 9.20. The summed E-state index contributed by atoms with van der Waals surface area (Å²) < 4.78 is 0. The molecular weight excluding hydrogens is 390 g/mol. The van der Waals surface area contributed by atoms with Gasteiger partial charge in [0.05, 0.1) is 0 Å². The van der Waals surface area contributed by atoms with Crippen LogP contribution in [-0.4, -0.2) is 52.9 Å². The molecule has 0 spiro atoms. The highest BCUT2D eigenvalue weighted by Gasteiger charge is 2.36. The summed E-state index contributed by atoms with van der Waals surface area (Å²) >= 11 is 5.84. The highest BCUT2D eigenvalue weighted by molar-refractivity contribution is 7.80. The number of amides is 1. The van der Waals surface area contributed by atoms with Crippen molar-refractivity contribution in [1.29, 1.82) is 0 Å². The average molecular weight is 422 g/mol. The Balaban J connectivity index is 1.61. The second-order valence-corrected chi connectivity index (χ2v) is 9.58. The minimum absolute atomic E-state index is 0.0927. The third-order valence-corrected chi connectivity index (χ3v) is 7.06. The monoisotopic (exact) mass is 421 g/mol. The molecule has 0 aromatic heterocycles. The third-order valence-electron chi connectivity index (χ3n) is 6.57. The molecule has 0 radical (unpaired) electrons. The van der Waals surface area contributed by atoms with Crippen LogP contribution in [0.4, 0.5) is 5.69 Å². The van der Waals surface area contributed by atoms with Crippen LogP contribution in [0, 0.1) is 0 Å². The van der Waals surface area contributed by atoms with Gasteiger partial charge in [-0.3, -0.25) is 4.79 Å². The first-order chi connectivity index (χ1) is 14.4. The Morgan fingerprint density at radius 2 is 1.80 bits per heavy atom. The first-order valence-electron chi connectivity index (χ1n) is 10.8. The number of hydrogen-bond donors (Lipinski definition) is 0. The predicted molar refractivity (Wildman–Crippen MR) is 127 cm³/mol. The van der Waals surface area contributed by atoms with E-state index in [2.05, 4.69) is 79.1 Å². The van der Waals surface area contributed by atoms with E-state index < -0.39 is 0 Å². The van der Waals surface area contributed by atoms with Crippen LogP contribution in [-0.2, 0) is 11.3 Å². The number of hydrogen-bond acceptors (Lipinski definition) is 3. The van der Waals surface area contributed by atoms with Crippen molar-refractivity contribution in [3.63, 3.8) is 0 Å². The largest absolute Gasteiger partial charge is 0.362 e. The SMILES string of the molecule is CC1CC(C)(C)N(Cc2ccccc2)c2ccc(C(=S)N3CCN(C=O)CC3)cc21. The van der Waals surface area contributed by atoms with E-state index in [1.807, 2.05) is 4.90 Å². The highest BCUT2D eigenvalue weighted by atomic mass is 32.1. The molecule has 30 heavy (non-hydrogen) atoms. The van der Waals surface area contributed by atoms with Gasteiger partial charge in [-0.1, -0.05) is 49.5 Å². The fraction of sp³-hybridized carbons (Fsp3) is 0.440. The Morgan fingerprint density at radius 3 is 2.47 bits per heavy atom. The van der Waals surface area contributed by atoms with E-state index in [4.69, 9.17) is 12.2 Å². The van der Waals surface area contributed by atoms with E-state index in [0.29, 0.717) is 5.92 Å². The molecule has 5 heteroatoms. The van der Waals surface area contributed by atoms with Crippen molar-refractivity contribution < 1.29 is 4.79 Å². The number of fused-ring (bicyclic) bond motifs is 1. The molecule has 2 heterocycles. The summed E-state index contributed by atoms with van der Waals surface area (Å²) in [5.74, 6) is 0.483. The maximum atomic E-state index is 11.0. The fourth-order valence-corrected chi connectivity index (χ4v) is 5.21. The number of carbonyl (C=O) groups excluding carboxylic acids is 1. The van der Waals surface area contributed by atoms with E-state index >= 15 is 0 Å². The maximum absolute atomic E-state index is 11.0. The van der Waals surface area contributed by atoms with Crippen LogP contribution in [0.1, 0.15) is 49.8 Å². The average Bonchev–Trinajstić information content (AvgIpc) is 2.76. The summed E-state index contributed by atoms with van der Waals surface area (Å²) in [6, 6.07) is 17.5. The Hall–Kier alpha value is -2.40. The zero-order chi connectivity index (χ0) is 21.3. The molecule has 2 aromatic rings. The summed E-state index contributed by atoms with van der Waals surface area (Å²) in [6.45, 7) is 11.0. The zero-order valence-electron chi connectivity index (χ0n) is 18.2. The standard InChI is InChI=1S/C25H31N3OS/c1-19-16-25(2,3)28(17-20-7-5-4-6-8-20)23-10-9-21(15-22(19)23)24(30)27-13-11-26(18-29)12-14-27/h4-10,15,18-19H,11-14,16-17H2,1-3H3. The summed E-state index contributed by atoms with van der Waals surface area (Å²) in [6.07, 6.45) is 2.05. The van der Waals surface area contributed by atoms with Gasteiger partial charge in [-0.05, 0) is 55.5 Å². The first kappa shape index (κ1) is 20.9. The van der Waals surface area contributed by atoms with E-state index in [-0.39, 0.29) is 5.54 Å². The number of nitrogens with zero attached hydrogens (tertiary/aromatic N) is 3. The smallest absolute Gasteiger partial charge is 0.209 e. The molecule has 1 atom stereocenters. The number of carbonyl (C=O) groups is 1. The van der Waals surface area contributed by atoms with E-state index in [0.717, 1.165) is 56.1 Å². The van der Waals surface area contributed by atoms with Crippen LogP contribution >= 0.6 is 12.2 Å². The number of anilines is 1. The zero-order valence-corrected chi connectivity index (χ0v) is 19.0. The molecule has 0 saturated carbocycles. The molecule has 0 N–H and O–H groups in total. The van der Waals surface area contributed by atoms with Crippen molar-refractivity contribution in [3.8, 4) is 0 Å². The molecular formula is C25H31N3OS. The molecule has 0 bridgehead atoms. The van der Waals surface area contributed by atoms with Gasteiger partial charge in [-0.25, -0.2) is 0 Å². The van der Waals surface area contributed by atoms with Gasteiger partial charge in [0.25, 0.3) is 0 Å². The van der Waals surface area contributed by atoms with Crippen LogP contribution in [0.5, 0.6) is 0 Å². The Bertz CT molecular complexity index is 919. The van der Waals surface area contributed by atoms with Crippen molar-refractivity contribution in [3.05, 3.63) is 65.2 Å². The lowest BCUT2D eigenvalue weighted by Gasteiger charge is -2.48. The summed E-state index contributed by atoms with van der Waals surface area (Å²) in [7, 11) is 0. The fourth-order valence-electron chi connectivity index (χ4n) is 4.90. The molecule has 1 fully saturated rings. The van der Waals surface area contributed by atoms with Crippen LogP contribution in [0.3, 0.4) is 0 Å². The van der Waals surface area contributed by atoms with Gasteiger partial charge >= 0.3 is 0 Å². The van der Waals surface area contributed by atoms with Crippen molar-refractivity contribution >= 4 is 29.3 Å². The number of benzene rings is 2. The van der Waals surface area contributed by atoms with E-state index in [9.17, 15) is 4.79 Å². The van der Waals surface area contributed by atoms with Crippen LogP contribution < -0.4 is 4.90 Å². The highest BCUT2D eigenvalue weighted by Crippen LogP contribution is 2.44. The molecule has 1 saturated heterocycles. The molecule has 2 aromatic carbocycles. The van der Waals surface area contributed by atoms with Crippen molar-refractivity contribution in [2.75, 3.05) is 31.1 Å². The third kappa shape index (κ3) is 4.08. The molecule has 1 amide bonds. The van der Waals surface area contributed by atoms with Gasteiger partial charge < -0.3 is 14.7 Å². The first-order valence-corrected chi connectivity index (χ1v) is 11.2. The lowest BCUT2D eigenvalue weighted by atomic mass is 9.79. The van der Waals surface area contributed by atoms with Crippen molar-refractivity contribution in [2.45, 2.75) is 45.2 Å². The summed E-state index contributed by atoms with van der Waals surface area (Å²) in [5, 5.41) is 0. The quantitative estimate of drug-likeness (QED) is 0.539. The molecule has 0 aliphatic carbocycles. The minimum atomic E-state index is 0.0927. The Morgan fingerprint density at radius 1 is 1.10 bits per heavy atom. The van der Waals surface area contributed by atoms with Gasteiger partial charge in [0.15, 0.2) is 0 Å². The van der Waals surface area contributed by atoms with Crippen LogP contribution in [0.2, 0.25) is 0 Å². The number of rotatable bonds is 4. The lowest BCUT2D eigenvalue weighted by Crippen LogP contribution is -2.48. The molecule has 4 nitrogen and oxygen atoms in total.